The van der Waals surface area contributed by atoms with Gasteiger partial charge in [-0.15, -0.1) is 11.3 Å². The second-order valence-electron chi connectivity index (χ2n) is 10.6. The van der Waals surface area contributed by atoms with Crippen molar-refractivity contribution in [1.82, 2.24) is 10.3 Å². The maximum absolute atomic E-state index is 12.0. The molecule has 0 spiro atoms. The van der Waals surface area contributed by atoms with E-state index in [9.17, 15) is 9.90 Å². The summed E-state index contributed by atoms with van der Waals surface area (Å²) in [6, 6.07) is 32.3. The fourth-order valence-electron chi connectivity index (χ4n) is 5.23. The molecule has 1 aliphatic rings. The molecule has 1 fully saturated rings. The van der Waals surface area contributed by atoms with E-state index < -0.39 is 12.4 Å². The molecule has 2 N–H and O–H groups in total. The maximum atomic E-state index is 12.0. The Hall–Kier alpha value is -3.99. The van der Waals surface area contributed by atoms with Gasteiger partial charge in [-0.1, -0.05) is 109 Å². The number of carbonyl (C=O) groups excluding carboxylic acids is 1. The van der Waals surface area contributed by atoms with E-state index in [0.29, 0.717) is 13.0 Å². The minimum atomic E-state index is -0.548. The molecular weight excluding hydrogens is 605 g/mol. The third kappa shape index (κ3) is 7.81. The number of alkyl carbamates (subject to hydrolysis) is 1. The lowest BCUT2D eigenvalue weighted by Crippen LogP contribution is -2.31. The summed E-state index contributed by atoms with van der Waals surface area (Å²) in [7, 11) is 0. The molecule has 45 heavy (non-hydrogen) atoms. The molecule has 0 aliphatic carbocycles. The van der Waals surface area contributed by atoms with Gasteiger partial charge in [0.05, 0.1) is 29.0 Å². The van der Waals surface area contributed by atoms with E-state index in [0.717, 1.165) is 49.0 Å². The monoisotopic (exact) mass is 638 g/mol. The lowest BCUT2D eigenvalue weighted by atomic mass is 9.98. The van der Waals surface area contributed by atoms with Crippen LogP contribution in [0.4, 0.5) is 4.79 Å². The number of benzene rings is 4. The Morgan fingerprint density at radius 3 is 2.53 bits per heavy atom. The van der Waals surface area contributed by atoms with E-state index in [1.54, 1.807) is 23.1 Å². The van der Waals surface area contributed by atoms with Gasteiger partial charge in [-0.3, -0.25) is 0 Å². The van der Waals surface area contributed by atoms with Crippen LogP contribution in [0, 0.1) is 0 Å². The summed E-state index contributed by atoms with van der Waals surface area (Å²) in [5.41, 5.74) is 6.88. The summed E-state index contributed by atoms with van der Waals surface area (Å²) < 4.78 is 20.4. The van der Waals surface area contributed by atoms with Crippen LogP contribution in [-0.4, -0.2) is 34.6 Å². The number of thiazole rings is 1. The van der Waals surface area contributed by atoms with Crippen LogP contribution in [0.5, 0.6) is 0 Å². The predicted octanol–water partition coefficient (Wildman–Crippen LogP) is 8.21. The number of hydrogen-bond acceptors (Lipinski definition) is 8. The van der Waals surface area contributed by atoms with E-state index >= 15 is 0 Å². The average molecular weight is 639 g/mol. The molecule has 6 rings (SSSR count). The molecule has 7 nitrogen and oxygen atoms in total. The van der Waals surface area contributed by atoms with Gasteiger partial charge < -0.3 is 24.6 Å². The molecule has 9 heteroatoms. The van der Waals surface area contributed by atoms with E-state index in [-0.39, 0.29) is 25.4 Å². The second kappa shape index (κ2) is 14.9. The van der Waals surface area contributed by atoms with Gasteiger partial charge in [0.2, 0.25) is 0 Å². The number of rotatable bonds is 11. The zero-order valence-electron chi connectivity index (χ0n) is 24.6. The number of carbonyl (C=O) groups is 1. The highest BCUT2D eigenvalue weighted by Crippen LogP contribution is 2.40. The summed E-state index contributed by atoms with van der Waals surface area (Å²) in [6.07, 6.45) is 0.991. The van der Waals surface area contributed by atoms with Gasteiger partial charge >= 0.3 is 6.09 Å². The van der Waals surface area contributed by atoms with E-state index in [4.69, 9.17) is 19.2 Å². The maximum Gasteiger partial charge on any atom is 0.407 e. The fraction of sp³-hybridized carbons (Fsp3) is 0.222. The summed E-state index contributed by atoms with van der Waals surface area (Å²) in [5.74, 6) is 0.749. The van der Waals surface area contributed by atoms with Gasteiger partial charge in [-0.05, 0) is 39.9 Å². The third-order valence-corrected chi connectivity index (χ3v) is 9.86. The molecule has 1 saturated heterocycles. The Morgan fingerprint density at radius 2 is 1.76 bits per heavy atom. The van der Waals surface area contributed by atoms with Crippen molar-refractivity contribution in [3.05, 3.63) is 132 Å². The Morgan fingerprint density at radius 1 is 1.00 bits per heavy atom. The quantitative estimate of drug-likeness (QED) is 0.111. The van der Waals surface area contributed by atoms with Gasteiger partial charge in [0, 0.05) is 24.3 Å². The van der Waals surface area contributed by atoms with Crippen molar-refractivity contribution in [2.45, 2.75) is 42.4 Å². The predicted molar refractivity (Wildman–Crippen MR) is 179 cm³/mol. The number of hydrogen-bond donors (Lipinski definition) is 2. The smallest absolute Gasteiger partial charge is 0.407 e. The first kappa shape index (κ1) is 31.0. The topological polar surface area (TPSA) is 89.9 Å². The molecular formula is C36H34N2O5S2. The van der Waals surface area contributed by atoms with Crippen LogP contribution in [0.25, 0.3) is 21.3 Å². The first-order valence-electron chi connectivity index (χ1n) is 14.8. The van der Waals surface area contributed by atoms with E-state index in [2.05, 4.69) is 30.1 Å². The van der Waals surface area contributed by atoms with Crippen LogP contribution in [0.1, 0.15) is 41.1 Å². The van der Waals surface area contributed by atoms with Crippen molar-refractivity contribution < 1.29 is 24.1 Å². The fourth-order valence-corrected chi connectivity index (χ4v) is 7.34. The van der Waals surface area contributed by atoms with Gasteiger partial charge in [0.25, 0.3) is 0 Å². The largest absolute Gasteiger partial charge is 0.445 e. The van der Waals surface area contributed by atoms with Crippen molar-refractivity contribution in [1.29, 1.82) is 0 Å². The molecule has 3 unspecified atom stereocenters. The Bertz CT molecular complexity index is 1710. The molecule has 0 radical (unpaired) electrons. The number of fused-ring (bicyclic) bond motifs is 1. The third-order valence-electron chi connectivity index (χ3n) is 7.55. The van der Waals surface area contributed by atoms with E-state index in [1.807, 2.05) is 78.9 Å². The normalized spacial score (nSPS) is 18.0. The Labute approximate surface area is 270 Å². The molecule has 5 aromatic rings. The SMILES string of the molecule is C=CCOC(=O)NCc1ccccc1-c1ccc(C2OC(CSc3nc4ccccc4s3)CC(c3ccc(CO)cc3)O2)cc1. The standard InChI is InChI=1S/C36H34N2O5S2/c1-2-19-41-35(40)37-21-28-7-3-4-8-30(28)25-15-17-27(18-16-25)34-42-29(20-32(43-34)26-13-11-24(22-39)12-14-26)23-44-36-38-31-9-5-6-10-33(31)45-36/h2-18,29,32,34,39H,1,19-23H2,(H,37,40). The van der Waals surface area contributed by atoms with Gasteiger partial charge in [0.1, 0.15) is 6.61 Å². The van der Waals surface area contributed by atoms with Crippen LogP contribution >= 0.6 is 23.1 Å². The number of amides is 1. The minimum absolute atomic E-state index is 0.00388. The molecule has 2 heterocycles. The number of para-hydroxylation sites is 1. The number of ether oxygens (including phenoxy) is 3. The van der Waals surface area contributed by atoms with Crippen molar-refractivity contribution in [3.8, 4) is 11.1 Å². The second-order valence-corrected chi connectivity index (χ2v) is 12.9. The Balaban J connectivity index is 1.19. The number of aromatic nitrogens is 1. The zero-order valence-corrected chi connectivity index (χ0v) is 26.3. The molecule has 1 aromatic heterocycles. The van der Waals surface area contributed by atoms with Crippen molar-refractivity contribution >= 4 is 39.4 Å². The van der Waals surface area contributed by atoms with E-state index in [1.165, 1.54) is 10.8 Å². The van der Waals surface area contributed by atoms with Crippen molar-refractivity contribution in [2.24, 2.45) is 0 Å². The summed E-state index contributed by atoms with van der Waals surface area (Å²) in [6.45, 7) is 4.08. The number of thioether (sulfide) groups is 1. The van der Waals surface area contributed by atoms with Crippen LogP contribution < -0.4 is 5.32 Å². The highest BCUT2D eigenvalue weighted by Gasteiger charge is 2.32. The Kier molecular flexibility index (Phi) is 10.2. The molecule has 3 atom stereocenters. The van der Waals surface area contributed by atoms with Crippen LogP contribution in [0.15, 0.2) is 114 Å². The number of aliphatic hydroxyl groups is 1. The average Bonchev–Trinajstić information content (AvgIpc) is 3.52. The summed E-state index contributed by atoms with van der Waals surface area (Å²) in [5, 5.41) is 12.3. The van der Waals surface area contributed by atoms with Crippen LogP contribution in [-0.2, 0) is 27.4 Å². The molecule has 1 amide bonds. The highest BCUT2D eigenvalue weighted by molar-refractivity contribution is 8.01. The lowest BCUT2D eigenvalue weighted by Gasteiger charge is -2.36. The highest BCUT2D eigenvalue weighted by atomic mass is 32.2. The van der Waals surface area contributed by atoms with Gasteiger partial charge in [0.15, 0.2) is 10.6 Å². The van der Waals surface area contributed by atoms with Crippen molar-refractivity contribution in [3.63, 3.8) is 0 Å². The molecule has 0 saturated carbocycles. The lowest BCUT2D eigenvalue weighted by molar-refractivity contribution is -0.245. The number of nitrogens with zero attached hydrogens (tertiary/aromatic N) is 1. The number of aliphatic hydroxyl groups excluding tert-OH is 1. The minimum Gasteiger partial charge on any atom is -0.445 e. The zero-order chi connectivity index (χ0) is 31.0. The molecule has 0 bridgehead atoms. The molecule has 230 valence electrons. The number of nitrogens with one attached hydrogen (secondary N) is 1. The summed E-state index contributed by atoms with van der Waals surface area (Å²) in [4.78, 5) is 16.8. The first-order valence-corrected chi connectivity index (χ1v) is 16.6. The van der Waals surface area contributed by atoms with Gasteiger partial charge in [-0.25, -0.2) is 9.78 Å². The van der Waals surface area contributed by atoms with Crippen LogP contribution in [0.2, 0.25) is 0 Å². The van der Waals surface area contributed by atoms with Gasteiger partial charge in [-0.2, -0.15) is 0 Å². The first-order chi connectivity index (χ1) is 22.1. The summed E-state index contributed by atoms with van der Waals surface area (Å²) >= 11 is 3.42. The molecule has 4 aromatic carbocycles. The van der Waals surface area contributed by atoms with Crippen molar-refractivity contribution in [2.75, 3.05) is 12.4 Å². The molecule has 1 aliphatic heterocycles. The van der Waals surface area contributed by atoms with Crippen LogP contribution in [0.3, 0.4) is 0 Å².